The highest BCUT2D eigenvalue weighted by atomic mass is 32.1. The Morgan fingerprint density at radius 1 is 1.53 bits per heavy atom. The monoisotopic (exact) mass is 255 g/mol. The molecule has 0 atom stereocenters. The molecule has 2 heterocycles. The zero-order chi connectivity index (χ0) is 12.4. The smallest absolute Gasteiger partial charge is 0.355 e. The molecule has 0 bridgehead atoms. The quantitative estimate of drug-likeness (QED) is 0.803. The van der Waals surface area contributed by atoms with Gasteiger partial charge in [0.15, 0.2) is 10.8 Å². The van der Waals surface area contributed by atoms with Gasteiger partial charge < -0.3 is 15.3 Å². The average molecular weight is 255 g/mol. The summed E-state index contributed by atoms with van der Waals surface area (Å²) in [5.74, 6) is -0.978. The van der Waals surface area contributed by atoms with Gasteiger partial charge in [0, 0.05) is 30.9 Å². The standard InChI is InChI=1S/C10H13N3O3S/c1-6-8(9(15)16)12-10(17-6)13-4-2-7(14)11-3-5-13/h2-5H2,1H3,(H,11,14)(H,15,16). The normalized spacial score (nSPS) is 16.5. The van der Waals surface area contributed by atoms with Crippen LogP contribution in [-0.2, 0) is 4.79 Å². The summed E-state index contributed by atoms with van der Waals surface area (Å²) in [7, 11) is 0. The first kappa shape index (κ1) is 11.8. The summed E-state index contributed by atoms with van der Waals surface area (Å²) in [5.41, 5.74) is 0.105. The molecule has 1 amide bonds. The van der Waals surface area contributed by atoms with Gasteiger partial charge in [0.2, 0.25) is 5.91 Å². The molecule has 1 saturated heterocycles. The maximum absolute atomic E-state index is 11.2. The Bertz CT molecular complexity index is 458. The van der Waals surface area contributed by atoms with Gasteiger partial charge in [-0.05, 0) is 6.92 Å². The summed E-state index contributed by atoms with van der Waals surface area (Å²) in [6.07, 6.45) is 0.418. The number of aryl methyl sites for hydroxylation is 1. The molecule has 2 N–H and O–H groups in total. The van der Waals surface area contributed by atoms with Crippen LogP contribution < -0.4 is 10.2 Å². The summed E-state index contributed by atoms with van der Waals surface area (Å²) < 4.78 is 0. The molecule has 2 rings (SSSR count). The van der Waals surface area contributed by atoms with Gasteiger partial charge >= 0.3 is 5.97 Å². The van der Waals surface area contributed by atoms with E-state index in [1.165, 1.54) is 11.3 Å². The number of anilines is 1. The molecule has 0 radical (unpaired) electrons. The van der Waals surface area contributed by atoms with Crippen LogP contribution in [0.15, 0.2) is 0 Å². The molecule has 1 aliphatic rings. The van der Waals surface area contributed by atoms with E-state index in [0.29, 0.717) is 36.1 Å². The van der Waals surface area contributed by atoms with Gasteiger partial charge in [0.05, 0.1) is 0 Å². The van der Waals surface area contributed by atoms with Gasteiger partial charge in [-0.2, -0.15) is 0 Å². The molecule has 0 aromatic carbocycles. The second-order valence-electron chi connectivity index (χ2n) is 3.79. The number of thiazole rings is 1. The van der Waals surface area contributed by atoms with Crippen molar-refractivity contribution in [2.24, 2.45) is 0 Å². The van der Waals surface area contributed by atoms with Gasteiger partial charge in [-0.3, -0.25) is 4.79 Å². The Kier molecular flexibility index (Phi) is 3.28. The lowest BCUT2D eigenvalue weighted by atomic mass is 10.4. The first-order chi connectivity index (χ1) is 8.08. The Hall–Kier alpha value is -1.63. The van der Waals surface area contributed by atoms with Crippen molar-refractivity contribution in [2.75, 3.05) is 24.5 Å². The second kappa shape index (κ2) is 4.70. The van der Waals surface area contributed by atoms with Crippen LogP contribution in [0, 0.1) is 6.92 Å². The third-order valence-corrected chi connectivity index (χ3v) is 3.60. The van der Waals surface area contributed by atoms with E-state index in [0.717, 1.165) is 0 Å². The molecule has 7 heteroatoms. The van der Waals surface area contributed by atoms with Crippen molar-refractivity contribution < 1.29 is 14.7 Å². The van der Waals surface area contributed by atoms with Gasteiger partial charge in [0.25, 0.3) is 0 Å². The number of hydrogen-bond acceptors (Lipinski definition) is 5. The fourth-order valence-electron chi connectivity index (χ4n) is 1.67. The van der Waals surface area contributed by atoms with Crippen LogP contribution >= 0.6 is 11.3 Å². The number of carbonyl (C=O) groups is 2. The van der Waals surface area contributed by atoms with Crippen LogP contribution in [0.1, 0.15) is 21.8 Å². The van der Waals surface area contributed by atoms with Gasteiger partial charge in [-0.1, -0.05) is 0 Å². The lowest BCUT2D eigenvalue weighted by Crippen LogP contribution is -2.28. The van der Waals surface area contributed by atoms with Gasteiger partial charge in [0.1, 0.15) is 0 Å². The van der Waals surface area contributed by atoms with Crippen LogP contribution in [0.3, 0.4) is 0 Å². The minimum Gasteiger partial charge on any atom is -0.476 e. The van der Waals surface area contributed by atoms with Crippen LogP contribution in [0.5, 0.6) is 0 Å². The van der Waals surface area contributed by atoms with Crippen molar-refractivity contribution in [3.8, 4) is 0 Å². The second-order valence-corrected chi connectivity index (χ2v) is 4.98. The Morgan fingerprint density at radius 3 is 2.94 bits per heavy atom. The molecule has 1 aliphatic heterocycles. The number of nitrogens with one attached hydrogen (secondary N) is 1. The summed E-state index contributed by atoms with van der Waals surface area (Å²) in [6, 6.07) is 0. The van der Waals surface area contributed by atoms with Gasteiger partial charge in [-0.15, -0.1) is 11.3 Å². The Balaban J connectivity index is 2.19. The van der Waals surface area contributed by atoms with E-state index in [2.05, 4.69) is 10.3 Å². The fraction of sp³-hybridized carbons (Fsp3) is 0.500. The molecule has 6 nitrogen and oxygen atoms in total. The van der Waals surface area contributed by atoms with Crippen molar-refractivity contribution >= 4 is 28.3 Å². The summed E-state index contributed by atoms with van der Waals surface area (Å²) in [4.78, 5) is 28.8. The average Bonchev–Trinajstić information content (AvgIpc) is 2.52. The molecule has 0 saturated carbocycles. The first-order valence-electron chi connectivity index (χ1n) is 5.30. The maximum atomic E-state index is 11.2. The van der Waals surface area contributed by atoms with E-state index < -0.39 is 5.97 Å². The summed E-state index contributed by atoms with van der Waals surface area (Å²) >= 11 is 1.35. The predicted octanol–water partition coefficient (Wildman–Crippen LogP) is 0.476. The van der Waals surface area contributed by atoms with Crippen LogP contribution in [0.25, 0.3) is 0 Å². The van der Waals surface area contributed by atoms with E-state index in [4.69, 9.17) is 5.11 Å². The summed E-state index contributed by atoms with van der Waals surface area (Å²) in [6.45, 7) is 3.56. The number of nitrogens with zero attached hydrogens (tertiary/aromatic N) is 2. The van der Waals surface area contributed by atoms with Crippen molar-refractivity contribution in [3.05, 3.63) is 10.6 Å². The van der Waals surface area contributed by atoms with Crippen molar-refractivity contribution in [2.45, 2.75) is 13.3 Å². The van der Waals surface area contributed by atoms with Crippen molar-refractivity contribution in [1.82, 2.24) is 10.3 Å². The highest BCUT2D eigenvalue weighted by Gasteiger charge is 2.20. The molecular formula is C10H13N3O3S. The molecule has 1 aromatic rings. The van der Waals surface area contributed by atoms with Crippen LogP contribution in [0.4, 0.5) is 5.13 Å². The zero-order valence-corrected chi connectivity index (χ0v) is 10.2. The van der Waals surface area contributed by atoms with Crippen molar-refractivity contribution in [3.63, 3.8) is 0 Å². The lowest BCUT2D eigenvalue weighted by Gasteiger charge is -2.17. The summed E-state index contributed by atoms with van der Waals surface area (Å²) in [5, 5.41) is 12.4. The van der Waals surface area contributed by atoms with Crippen LogP contribution in [-0.4, -0.2) is 41.6 Å². The highest BCUT2D eigenvalue weighted by molar-refractivity contribution is 7.15. The first-order valence-corrected chi connectivity index (χ1v) is 6.12. The SMILES string of the molecule is Cc1sc(N2CCNC(=O)CC2)nc1C(=O)O. The zero-order valence-electron chi connectivity index (χ0n) is 9.39. The van der Waals surface area contributed by atoms with E-state index in [1.54, 1.807) is 6.92 Å². The molecule has 17 heavy (non-hydrogen) atoms. The molecule has 92 valence electrons. The minimum atomic E-state index is -1.01. The molecule has 0 spiro atoms. The molecule has 0 aliphatic carbocycles. The van der Waals surface area contributed by atoms with E-state index in [-0.39, 0.29) is 11.6 Å². The van der Waals surface area contributed by atoms with E-state index >= 15 is 0 Å². The maximum Gasteiger partial charge on any atom is 0.355 e. The lowest BCUT2D eigenvalue weighted by molar-refractivity contribution is -0.120. The predicted molar refractivity (Wildman–Crippen MR) is 63.7 cm³/mol. The van der Waals surface area contributed by atoms with Crippen LogP contribution in [0.2, 0.25) is 0 Å². The number of aromatic nitrogens is 1. The molecular weight excluding hydrogens is 242 g/mol. The number of hydrogen-bond donors (Lipinski definition) is 2. The number of rotatable bonds is 2. The number of carboxylic acid groups (broad SMARTS) is 1. The number of amides is 1. The van der Waals surface area contributed by atoms with Crippen molar-refractivity contribution in [1.29, 1.82) is 0 Å². The molecule has 1 aromatic heterocycles. The molecule has 0 unspecified atom stereocenters. The number of carbonyl (C=O) groups excluding carboxylic acids is 1. The number of aromatic carboxylic acids is 1. The third-order valence-electron chi connectivity index (χ3n) is 2.57. The Morgan fingerprint density at radius 2 is 2.29 bits per heavy atom. The van der Waals surface area contributed by atoms with Gasteiger partial charge in [-0.25, -0.2) is 9.78 Å². The largest absolute Gasteiger partial charge is 0.476 e. The Labute approximate surface area is 102 Å². The van der Waals surface area contributed by atoms with E-state index in [1.807, 2.05) is 4.90 Å². The fourth-order valence-corrected chi connectivity index (χ4v) is 2.63. The highest BCUT2D eigenvalue weighted by Crippen LogP contribution is 2.26. The topological polar surface area (TPSA) is 82.5 Å². The minimum absolute atomic E-state index is 0.0271. The number of carboxylic acids is 1. The molecule has 1 fully saturated rings. The third kappa shape index (κ3) is 2.55. The van der Waals surface area contributed by atoms with E-state index in [9.17, 15) is 9.59 Å².